The first-order valence-corrected chi connectivity index (χ1v) is 5.80. The third kappa shape index (κ3) is 2.82. The van der Waals surface area contributed by atoms with E-state index in [0.717, 1.165) is 15.9 Å². The molecule has 0 aliphatic carbocycles. The van der Waals surface area contributed by atoms with Crippen molar-refractivity contribution in [3.8, 4) is 0 Å². The van der Waals surface area contributed by atoms with Gasteiger partial charge in [-0.3, -0.25) is 4.68 Å². The van der Waals surface area contributed by atoms with Gasteiger partial charge < -0.3 is 9.84 Å². The molecule has 0 aliphatic rings. The average molecular weight is 291 g/mol. The summed E-state index contributed by atoms with van der Waals surface area (Å²) in [5, 5.41) is 13.2. The summed E-state index contributed by atoms with van der Waals surface area (Å²) in [6.07, 6.45) is -0.852. The third-order valence-corrected chi connectivity index (χ3v) is 3.42. The van der Waals surface area contributed by atoms with E-state index in [4.69, 9.17) is 9.84 Å². The van der Waals surface area contributed by atoms with Crippen molar-refractivity contribution < 1.29 is 14.6 Å². The maximum absolute atomic E-state index is 10.9. The Bertz CT molecular complexity index is 390. The van der Waals surface area contributed by atoms with Gasteiger partial charge in [0.05, 0.1) is 16.7 Å². The molecule has 0 saturated carbocycles. The molecule has 0 aromatic carbocycles. The summed E-state index contributed by atoms with van der Waals surface area (Å²) in [7, 11) is 0. The van der Waals surface area contributed by atoms with E-state index in [-0.39, 0.29) is 6.54 Å². The van der Waals surface area contributed by atoms with Gasteiger partial charge in [-0.2, -0.15) is 5.10 Å². The maximum atomic E-state index is 10.9. The fourth-order valence-electron chi connectivity index (χ4n) is 1.41. The molecule has 1 heterocycles. The lowest BCUT2D eigenvalue weighted by Gasteiger charge is -2.13. The molecule has 16 heavy (non-hydrogen) atoms. The minimum Gasteiger partial charge on any atom is -0.479 e. The number of aliphatic carboxylic acids is 1. The van der Waals surface area contributed by atoms with Crippen molar-refractivity contribution in [2.45, 2.75) is 33.4 Å². The molecule has 0 spiro atoms. The predicted molar refractivity (Wildman–Crippen MR) is 62.5 cm³/mol. The monoisotopic (exact) mass is 290 g/mol. The molecule has 0 aliphatic heterocycles. The van der Waals surface area contributed by atoms with Crippen LogP contribution in [0, 0.1) is 13.8 Å². The molecule has 0 amide bonds. The van der Waals surface area contributed by atoms with Crippen molar-refractivity contribution in [3.63, 3.8) is 0 Å². The van der Waals surface area contributed by atoms with Gasteiger partial charge >= 0.3 is 5.97 Å². The Kier molecular flexibility index (Phi) is 4.49. The summed E-state index contributed by atoms with van der Waals surface area (Å²) in [5.41, 5.74) is 1.75. The lowest BCUT2D eigenvalue weighted by atomic mass is 10.3. The number of carbonyl (C=O) groups is 1. The van der Waals surface area contributed by atoms with Crippen LogP contribution in [-0.4, -0.2) is 33.6 Å². The van der Waals surface area contributed by atoms with E-state index in [0.29, 0.717) is 6.61 Å². The fourth-order valence-corrected chi connectivity index (χ4v) is 1.70. The van der Waals surface area contributed by atoms with Crippen LogP contribution in [0.5, 0.6) is 0 Å². The van der Waals surface area contributed by atoms with E-state index >= 15 is 0 Å². The van der Waals surface area contributed by atoms with Gasteiger partial charge in [0.25, 0.3) is 0 Å². The number of rotatable bonds is 5. The smallest absolute Gasteiger partial charge is 0.334 e. The summed E-state index contributed by atoms with van der Waals surface area (Å²) < 4.78 is 7.69. The zero-order valence-corrected chi connectivity index (χ0v) is 11.1. The Labute approximate surface area is 103 Å². The molecule has 0 radical (unpaired) electrons. The predicted octanol–water partition coefficient (Wildman–Crippen LogP) is 1.75. The number of aromatic nitrogens is 2. The molecular formula is C10H15BrN2O3. The molecule has 5 nitrogen and oxygen atoms in total. The number of hydrogen-bond acceptors (Lipinski definition) is 3. The Morgan fingerprint density at radius 3 is 2.62 bits per heavy atom. The Balaban J connectivity index is 2.85. The molecule has 0 saturated heterocycles. The van der Waals surface area contributed by atoms with Crippen LogP contribution in [0.1, 0.15) is 18.3 Å². The highest BCUT2D eigenvalue weighted by molar-refractivity contribution is 9.10. The molecule has 1 atom stereocenters. The van der Waals surface area contributed by atoms with E-state index in [1.807, 2.05) is 13.8 Å². The molecule has 1 rings (SSSR count). The third-order valence-electron chi connectivity index (χ3n) is 2.28. The van der Waals surface area contributed by atoms with Crippen molar-refractivity contribution in [1.29, 1.82) is 0 Å². The van der Waals surface area contributed by atoms with Crippen LogP contribution in [0.2, 0.25) is 0 Å². The summed E-state index contributed by atoms with van der Waals surface area (Å²) in [6.45, 7) is 6.12. The summed E-state index contributed by atoms with van der Waals surface area (Å²) in [4.78, 5) is 10.9. The first-order valence-electron chi connectivity index (χ1n) is 5.01. The maximum Gasteiger partial charge on any atom is 0.334 e. The van der Waals surface area contributed by atoms with Crippen molar-refractivity contribution in [2.75, 3.05) is 6.61 Å². The lowest BCUT2D eigenvalue weighted by molar-refractivity contribution is -0.151. The number of carboxylic acid groups (broad SMARTS) is 1. The highest BCUT2D eigenvalue weighted by atomic mass is 79.9. The second-order valence-corrected chi connectivity index (χ2v) is 4.24. The van der Waals surface area contributed by atoms with E-state index in [9.17, 15) is 4.79 Å². The molecule has 6 heteroatoms. The first kappa shape index (κ1) is 13.2. The van der Waals surface area contributed by atoms with Gasteiger partial charge in [-0.1, -0.05) is 0 Å². The Hall–Kier alpha value is -0.880. The molecule has 1 unspecified atom stereocenters. The normalized spacial score (nSPS) is 12.8. The number of hydrogen-bond donors (Lipinski definition) is 1. The van der Waals surface area contributed by atoms with Crippen LogP contribution < -0.4 is 0 Å². The van der Waals surface area contributed by atoms with Crippen molar-refractivity contribution >= 4 is 21.9 Å². The van der Waals surface area contributed by atoms with Gasteiger partial charge in [0, 0.05) is 12.3 Å². The van der Waals surface area contributed by atoms with E-state index < -0.39 is 12.1 Å². The lowest BCUT2D eigenvalue weighted by Crippen LogP contribution is -2.30. The fraction of sp³-hybridized carbons (Fsp3) is 0.600. The van der Waals surface area contributed by atoms with Crippen LogP contribution in [0.4, 0.5) is 0 Å². The summed E-state index contributed by atoms with van der Waals surface area (Å²) in [5.74, 6) is -0.967. The van der Waals surface area contributed by atoms with Crippen LogP contribution in [0.15, 0.2) is 4.47 Å². The quantitative estimate of drug-likeness (QED) is 0.897. The van der Waals surface area contributed by atoms with Gasteiger partial charge in [-0.25, -0.2) is 4.79 Å². The van der Waals surface area contributed by atoms with Gasteiger partial charge in [0.2, 0.25) is 0 Å². The summed E-state index contributed by atoms with van der Waals surface area (Å²) >= 11 is 3.39. The molecular weight excluding hydrogens is 276 g/mol. The molecule has 1 aromatic heterocycles. The molecule has 1 aromatic rings. The van der Waals surface area contributed by atoms with Gasteiger partial charge in [0.15, 0.2) is 6.10 Å². The number of halogens is 1. The number of ether oxygens (including phenoxy) is 1. The topological polar surface area (TPSA) is 64.4 Å². The average Bonchev–Trinajstić information content (AvgIpc) is 2.45. The number of carboxylic acids is 1. The van der Waals surface area contributed by atoms with Crippen LogP contribution in [-0.2, 0) is 16.1 Å². The number of nitrogens with zero attached hydrogens (tertiary/aromatic N) is 2. The second-order valence-electron chi connectivity index (χ2n) is 3.45. The highest BCUT2D eigenvalue weighted by Gasteiger charge is 2.20. The largest absolute Gasteiger partial charge is 0.479 e. The van der Waals surface area contributed by atoms with Crippen molar-refractivity contribution in [1.82, 2.24) is 9.78 Å². The van der Waals surface area contributed by atoms with Gasteiger partial charge in [-0.05, 0) is 36.7 Å². The van der Waals surface area contributed by atoms with Crippen molar-refractivity contribution in [3.05, 3.63) is 15.9 Å². The first-order chi connectivity index (χ1) is 7.47. The van der Waals surface area contributed by atoms with Gasteiger partial charge in [0.1, 0.15) is 0 Å². The second kappa shape index (κ2) is 5.45. The zero-order valence-electron chi connectivity index (χ0n) is 9.53. The van der Waals surface area contributed by atoms with Gasteiger partial charge in [-0.15, -0.1) is 0 Å². The number of aryl methyl sites for hydroxylation is 1. The van der Waals surface area contributed by atoms with E-state index in [1.165, 1.54) is 0 Å². The standard InChI is InChI=1S/C10H15BrN2O3/c1-4-16-8(10(14)15)5-13-7(3)9(11)6(2)12-13/h8H,4-5H2,1-3H3,(H,14,15). The highest BCUT2D eigenvalue weighted by Crippen LogP contribution is 2.20. The van der Waals surface area contributed by atoms with Crippen molar-refractivity contribution in [2.24, 2.45) is 0 Å². The zero-order chi connectivity index (χ0) is 12.3. The molecule has 0 bridgehead atoms. The van der Waals surface area contributed by atoms with E-state index in [2.05, 4.69) is 21.0 Å². The van der Waals surface area contributed by atoms with Crippen LogP contribution in [0.3, 0.4) is 0 Å². The molecule has 1 N–H and O–H groups in total. The minimum atomic E-state index is -0.967. The minimum absolute atomic E-state index is 0.224. The Morgan fingerprint density at radius 1 is 1.62 bits per heavy atom. The van der Waals surface area contributed by atoms with Crippen LogP contribution >= 0.6 is 15.9 Å². The van der Waals surface area contributed by atoms with Crippen LogP contribution in [0.25, 0.3) is 0 Å². The molecule has 0 fully saturated rings. The Morgan fingerprint density at radius 2 is 2.25 bits per heavy atom. The SMILES string of the molecule is CCOC(Cn1nc(C)c(Br)c1C)C(=O)O. The molecule has 90 valence electrons. The van der Waals surface area contributed by atoms with E-state index in [1.54, 1.807) is 11.6 Å². The summed E-state index contributed by atoms with van der Waals surface area (Å²) in [6, 6.07) is 0.